The van der Waals surface area contributed by atoms with Gasteiger partial charge in [-0.2, -0.15) is 0 Å². The van der Waals surface area contributed by atoms with Crippen LogP contribution >= 0.6 is 0 Å². The summed E-state index contributed by atoms with van der Waals surface area (Å²) >= 11 is 0. The number of unbranched alkanes of at least 4 members (excludes halogenated alkanes) is 1. The number of H-pyrrole nitrogens is 2. The highest BCUT2D eigenvalue weighted by Crippen LogP contribution is 2.42. The van der Waals surface area contributed by atoms with Crippen LogP contribution in [0.4, 0.5) is 0 Å². The quantitative estimate of drug-likeness (QED) is 0.185. The van der Waals surface area contributed by atoms with Gasteiger partial charge in [0.15, 0.2) is 5.82 Å². The van der Waals surface area contributed by atoms with E-state index in [-0.39, 0.29) is 0 Å². The predicted molar refractivity (Wildman–Crippen MR) is 145 cm³/mol. The highest BCUT2D eigenvalue weighted by atomic mass is 15.4. The second-order valence-corrected chi connectivity index (χ2v) is 10.3. The largest absolute Gasteiger partial charge is 0.361 e. The van der Waals surface area contributed by atoms with E-state index in [4.69, 9.17) is 15.7 Å². The van der Waals surface area contributed by atoms with Gasteiger partial charge in [-0.15, -0.1) is 0 Å². The number of aromatic amines is 2. The molecular weight excluding hydrogens is 444 g/mol. The summed E-state index contributed by atoms with van der Waals surface area (Å²) in [5.41, 5.74) is 13.3. The van der Waals surface area contributed by atoms with Crippen LogP contribution in [0.3, 0.4) is 0 Å². The minimum absolute atomic E-state index is 0.314. The molecule has 6 nitrogen and oxygen atoms in total. The van der Waals surface area contributed by atoms with Crippen molar-refractivity contribution in [2.45, 2.75) is 51.2 Å². The molecule has 184 valence electrons. The molecule has 0 spiro atoms. The van der Waals surface area contributed by atoms with Gasteiger partial charge < -0.3 is 20.2 Å². The third kappa shape index (κ3) is 4.31. The lowest BCUT2D eigenvalue weighted by Crippen LogP contribution is -2.51. The zero-order valence-corrected chi connectivity index (χ0v) is 20.8. The first kappa shape index (κ1) is 23.0. The molecule has 36 heavy (non-hydrogen) atoms. The molecule has 0 saturated heterocycles. The number of nitrogens with zero attached hydrogens (tertiary/aromatic N) is 3. The standard InChI is InChI=1S/C30H35N6/c31-16-5-6-18-36(20-23-19-33-25-12-2-1-11-24(23)25,21-29-34-26-13-3-4-14-27(26)35-29)28-15-7-9-22-10-8-17-32-30(22)28/h1-4,8,10-14,17,19,28,33H,5-7,9,15-16,18,20-21,31H2,(H,34,35)/q+1. The minimum Gasteiger partial charge on any atom is -0.361 e. The van der Waals surface area contributed by atoms with Crippen molar-refractivity contribution in [3.05, 3.63) is 95.7 Å². The molecule has 2 unspecified atom stereocenters. The number of imidazole rings is 1. The van der Waals surface area contributed by atoms with Crippen molar-refractivity contribution in [1.82, 2.24) is 19.9 Å². The summed E-state index contributed by atoms with van der Waals surface area (Å²) in [6.07, 6.45) is 9.72. The lowest BCUT2D eigenvalue weighted by molar-refractivity contribution is -0.983. The Hall–Kier alpha value is -3.48. The van der Waals surface area contributed by atoms with Crippen LogP contribution in [-0.2, 0) is 19.5 Å². The SMILES string of the molecule is NCCCC[N+](Cc1nc2ccccc2[nH]1)(Cc1c[nH]c2ccccc12)C1CCCc2cccnc21. The molecule has 3 aromatic heterocycles. The Labute approximate surface area is 212 Å². The van der Waals surface area contributed by atoms with Gasteiger partial charge in [-0.05, 0) is 62.1 Å². The number of aromatic nitrogens is 4. The summed E-state index contributed by atoms with van der Waals surface area (Å²) < 4.78 is 0.895. The van der Waals surface area contributed by atoms with Crippen LogP contribution in [0.25, 0.3) is 21.9 Å². The van der Waals surface area contributed by atoms with Crippen molar-refractivity contribution in [1.29, 1.82) is 0 Å². The number of fused-ring (bicyclic) bond motifs is 3. The third-order valence-electron chi connectivity index (χ3n) is 7.95. The summed E-state index contributed by atoms with van der Waals surface area (Å²) in [5, 5.41) is 1.31. The Morgan fingerprint density at radius 1 is 0.944 bits per heavy atom. The van der Waals surface area contributed by atoms with Gasteiger partial charge in [0.1, 0.15) is 24.8 Å². The zero-order chi connectivity index (χ0) is 24.4. The summed E-state index contributed by atoms with van der Waals surface area (Å²) in [7, 11) is 0. The maximum absolute atomic E-state index is 5.98. The smallest absolute Gasteiger partial charge is 0.162 e. The number of pyridine rings is 1. The average Bonchev–Trinajstić information content (AvgIpc) is 3.52. The van der Waals surface area contributed by atoms with Gasteiger partial charge in [0.2, 0.25) is 0 Å². The lowest BCUT2D eigenvalue weighted by Gasteiger charge is -2.46. The van der Waals surface area contributed by atoms with Crippen molar-refractivity contribution >= 4 is 21.9 Å². The van der Waals surface area contributed by atoms with E-state index < -0.39 is 0 Å². The van der Waals surface area contributed by atoms with E-state index >= 15 is 0 Å². The molecule has 4 N–H and O–H groups in total. The van der Waals surface area contributed by atoms with Gasteiger partial charge in [0.05, 0.1) is 17.6 Å². The van der Waals surface area contributed by atoms with E-state index in [1.807, 2.05) is 6.20 Å². The molecule has 3 heterocycles. The average molecular weight is 480 g/mol. The van der Waals surface area contributed by atoms with Gasteiger partial charge in [-0.25, -0.2) is 4.98 Å². The van der Waals surface area contributed by atoms with Gasteiger partial charge in [0.25, 0.3) is 0 Å². The van der Waals surface area contributed by atoms with E-state index in [0.717, 1.165) is 73.2 Å². The second kappa shape index (κ2) is 9.88. The molecule has 0 fully saturated rings. The monoisotopic (exact) mass is 479 g/mol. The number of para-hydroxylation sites is 3. The normalized spacial score (nSPS) is 17.3. The first-order valence-electron chi connectivity index (χ1n) is 13.2. The van der Waals surface area contributed by atoms with Crippen molar-refractivity contribution < 1.29 is 4.48 Å². The Balaban J connectivity index is 1.49. The van der Waals surface area contributed by atoms with Crippen molar-refractivity contribution in [3.8, 4) is 0 Å². The van der Waals surface area contributed by atoms with Crippen LogP contribution < -0.4 is 5.73 Å². The fourth-order valence-corrected chi connectivity index (χ4v) is 6.26. The van der Waals surface area contributed by atoms with Crippen molar-refractivity contribution in [2.24, 2.45) is 5.73 Å². The molecule has 0 saturated carbocycles. The summed E-state index contributed by atoms with van der Waals surface area (Å²) in [6, 6.07) is 21.7. The molecule has 0 amide bonds. The van der Waals surface area contributed by atoms with Crippen LogP contribution in [0.15, 0.2) is 73.1 Å². The summed E-state index contributed by atoms with van der Waals surface area (Å²) in [4.78, 5) is 17.2. The second-order valence-electron chi connectivity index (χ2n) is 10.3. The predicted octanol–water partition coefficient (Wildman–Crippen LogP) is 5.77. The molecule has 0 radical (unpaired) electrons. The first-order chi connectivity index (χ1) is 17.8. The maximum atomic E-state index is 5.98. The third-order valence-corrected chi connectivity index (χ3v) is 7.95. The highest BCUT2D eigenvalue weighted by Gasteiger charge is 2.42. The van der Waals surface area contributed by atoms with Crippen LogP contribution in [0, 0.1) is 0 Å². The molecule has 2 atom stereocenters. The number of quaternary nitrogens is 1. The fourth-order valence-electron chi connectivity index (χ4n) is 6.26. The fraction of sp³-hybridized carbons (Fsp3) is 0.333. The van der Waals surface area contributed by atoms with Crippen LogP contribution in [0.1, 0.15) is 54.4 Å². The first-order valence-corrected chi connectivity index (χ1v) is 13.2. The van der Waals surface area contributed by atoms with Crippen molar-refractivity contribution in [3.63, 3.8) is 0 Å². The van der Waals surface area contributed by atoms with Crippen molar-refractivity contribution in [2.75, 3.05) is 13.1 Å². The topological polar surface area (TPSA) is 83.4 Å². The molecule has 5 aromatic rings. The summed E-state index contributed by atoms with van der Waals surface area (Å²) in [6.45, 7) is 3.51. The maximum Gasteiger partial charge on any atom is 0.162 e. The number of benzene rings is 2. The van der Waals surface area contributed by atoms with Crippen LogP contribution in [0.2, 0.25) is 0 Å². The molecule has 1 aliphatic rings. The van der Waals surface area contributed by atoms with E-state index in [1.54, 1.807) is 0 Å². The van der Waals surface area contributed by atoms with E-state index in [1.165, 1.54) is 34.1 Å². The Morgan fingerprint density at radius 3 is 2.69 bits per heavy atom. The molecule has 0 aliphatic heterocycles. The molecule has 1 aliphatic carbocycles. The van der Waals surface area contributed by atoms with Gasteiger partial charge in [0, 0.05) is 35.3 Å². The van der Waals surface area contributed by atoms with Gasteiger partial charge in [-0.1, -0.05) is 36.4 Å². The van der Waals surface area contributed by atoms with Crippen LogP contribution in [-0.4, -0.2) is 37.5 Å². The number of hydrogen-bond donors (Lipinski definition) is 3. The molecule has 6 rings (SSSR count). The van der Waals surface area contributed by atoms with E-state index in [2.05, 4.69) is 76.8 Å². The van der Waals surface area contributed by atoms with Gasteiger partial charge in [-0.3, -0.25) is 4.98 Å². The van der Waals surface area contributed by atoms with Gasteiger partial charge >= 0.3 is 0 Å². The number of hydrogen-bond acceptors (Lipinski definition) is 3. The molecular formula is C30H35N6+. The minimum atomic E-state index is 0.314. The number of nitrogens with one attached hydrogen (secondary N) is 2. The van der Waals surface area contributed by atoms with E-state index in [9.17, 15) is 0 Å². The molecule has 2 aromatic carbocycles. The highest BCUT2D eigenvalue weighted by molar-refractivity contribution is 5.82. The zero-order valence-electron chi connectivity index (χ0n) is 20.8. The molecule has 0 bridgehead atoms. The Bertz CT molecular complexity index is 1430. The summed E-state index contributed by atoms with van der Waals surface area (Å²) in [5.74, 6) is 1.05. The van der Waals surface area contributed by atoms with E-state index in [0.29, 0.717) is 6.04 Å². The number of aryl methyl sites for hydroxylation is 1. The Kier molecular flexibility index (Phi) is 6.30. The lowest BCUT2D eigenvalue weighted by atomic mass is 9.88. The number of rotatable bonds is 9. The Morgan fingerprint density at radius 2 is 1.81 bits per heavy atom. The molecule has 6 heteroatoms. The van der Waals surface area contributed by atoms with Crippen LogP contribution in [0.5, 0.6) is 0 Å². The number of nitrogens with two attached hydrogens (primary N) is 1.